The van der Waals surface area contributed by atoms with E-state index in [1.165, 1.54) is 18.2 Å². The van der Waals surface area contributed by atoms with Gasteiger partial charge < -0.3 is 19.9 Å². The third-order valence-electron chi connectivity index (χ3n) is 6.78. The number of amides is 2. The van der Waals surface area contributed by atoms with Gasteiger partial charge in [-0.05, 0) is 36.6 Å². The Morgan fingerprint density at radius 2 is 1.87 bits per heavy atom. The molecule has 31 heavy (non-hydrogen) atoms. The quantitative estimate of drug-likeness (QED) is 0.753. The van der Waals surface area contributed by atoms with Gasteiger partial charge in [-0.2, -0.15) is 0 Å². The second kappa shape index (κ2) is 7.60. The zero-order valence-corrected chi connectivity index (χ0v) is 16.9. The van der Waals surface area contributed by atoms with E-state index in [1.54, 1.807) is 33.7 Å². The highest BCUT2D eigenvalue weighted by Gasteiger charge is 2.58. The van der Waals surface area contributed by atoms with Gasteiger partial charge >= 0.3 is 0 Å². The first kappa shape index (κ1) is 19.9. The molecule has 2 aliphatic heterocycles. The van der Waals surface area contributed by atoms with Crippen LogP contribution < -0.4 is 10.9 Å². The molecular formula is C23H24FN3O4. The number of aromatic nitrogens is 1. The topological polar surface area (TPSA) is 91.6 Å². The molecule has 2 N–H and O–H groups in total. The lowest BCUT2D eigenvalue weighted by Gasteiger charge is -2.38. The summed E-state index contributed by atoms with van der Waals surface area (Å²) in [5.74, 6) is -1.81. The molecule has 0 spiro atoms. The van der Waals surface area contributed by atoms with Crippen LogP contribution in [-0.4, -0.2) is 39.0 Å². The number of pyridine rings is 1. The molecule has 1 saturated carbocycles. The molecule has 162 valence electrons. The maximum absolute atomic E-state index is 13.3. The average molecular weight is 425 g/mol. The summed E-state index contributed by atoms with van der Waals surface area (Å²) in [5, 5.41) is 13.1. The molecule has 1 aromatic heterocycles. The number of aliphatic hydroxyl groups excluding tert-OH is 1. The molecule has 1 saturated heterocycles. The molecule has 0 radical (unpaired) electrons. The Kier molecular flexibility index (Phi) is 4.89. The molecule has 2 amide bonds. The van der Waals surface area contributed by atoms with E-state index < -0.39 is 23.9 Å². The number of fused-ring (bicyclic) bond motifs is 4. The second-order valence-electron chi connectivity index (χ2n) is 8.65. The van der Waals surface area contributed by atoms with E-state index >= 15 is 0 Å². The Morgan fingerprint density at radius 1 is 1.13 bits per heavy atom. The fraction of sp³-hybridized carbons (Fsp3) is 0.435. The standard InChI is InChI=1S/C23H24FN3O4/c24-15-8-4-13(5-9-15)10-25-22(30)20-16(12-28)18-11-26-17(2-1-3-19(26)29)21(20)27(18)23(31)14-6-7-14/h1-5,8-9,14,16,18,20-21,28H,6-7,10-12H2,(H,25,30)/t16-,18-,20+,21+/m1/s1. The molecule has 3 aliphatic rings. The van der Waals surface area contributed by atoms with Crippen LogP contribution in [-0.2, 0) is 22.7 Å². The van der Waals surface area contributed by atoms with Crippen LogP contribution in [0.4, 0.5) is 4.39 Å². The monoisotopic (exact) mass is 425 g/mol. The molecule has 2 bridgehead atoms. The minimum Gasteiger partial charge on any atom is -0.396 e. The second-order valence-corrected chi connectivity index (χ2v) is 8.65. The van der Waals surface area contributed by atoms with E-state index in [-0.39, 0.29) is 48.8 Å². The largest absolute Gasteiger partial charge is 0.396 e. The maximum atomic E-state index is 13.3. The number of carbonyl (C=O) groups excluding carboxylic acids is 2. The first-order valence-corrected chi connectivity index (χ1v) is 10.6. The van der Waals surface area contributed by atoms with Crippen molar-refractivity contribution < 1.29 is 19.1 Å². The van der Waals surface area contributed by atoms with E-state index in [0.29, 0.717) is 5.69 Å². The first-order chi connectivity index (χ1) is 15.0. The van der Waals surface area contributed by atoms with Gasteiger partial charge in [-0.3, -0.25) is 14.4 Å². The fourth-order valence-electron chi connectivity index (χ4n) is 5.11. The number of nitrogens with one attached hydrogen (secondary N) is 1. The molecule has 1 aliphatic carbocycles. The lowest BCUT2D eigenvalue weighted by molar-refractivity contribution is -0.138. The molecule has 3 heterocycles. The minimum atomic E-state index is -0.673. The van der Waals surface area contributed by atoms with Crippen molar-refractivity contribution in [3.05, 3.63) is 69.9 Å². The Labute approximate surface area is 178 Å². The van der Waals surface area contributed by atoms with Gasteiger partial charge in [0.25, 0.3) is 5.56 Å². The summed E-state index contributed by atoms with van der Waals surface area (Å²) >= 11 is 0. The van der Waals surface area contributed by atoms with Gasteiger partial charge in [-0.1, -0.05) is 18.2 Å². The van der Waals surface area contributed by atoms with Crippen LogP contribution in [0.1, 0.15) is 30.1 Å². The fourth-order valence-corrected chi connectivity index (χ4v) is 5.11. The number of nitrogens with zero attached hydrogens (tertiary/aromatic N) is 2. The predicted octanol–water partition coefficient (Wildman–Crippen LogP) is 1.20. The summed E-state index contributed by atoms with van der Waals surface area (Å²) in [4.78, 5) is 40.7. The van der Waals surface area contributed by atoms with Crippen molar-refractivity contribution in [2.45, 2.75) is 38.0 Å². The smallest absolute Gasteiger partial charge is 0.250 e. The van der Waals surface area contributed by atoms with Crippen molar-refractivity contribution in [2.75, 3.05) is 6.61 Å². The number of hydrogen-bond donors (Lipinski definition) is 2. The van der Waals surface area contributed by atoms with E-state index in [1.807, 2.05) is 0 Å². The molecule has 5 rings (SSSR count). The van der Waals surface area contributed by atoms with Gasteiger partial charge in [0.1, 0.15) is 5.82 Å². The molecular weight excluding hydrogens is 401 g/mol. The van der Waals surface area contributed by atoms with Gasteiger partial charge in [-0.25, -0.2) is 4.39 Å². The van der Waals surface area contributed by atoms with Crippen molar-refractivity contribution in [2.24, 2.45) is 17.8 Å². The van der Waals surface area contributed by atoms with Crippen LogP contribution in [0.25, 0.3) is 0 Å². The van der Waals surface area contributed by atoms with Crippen LogP contribution in [0.15, 0.2) is 47.3 Å². The third kappa shape index (κ3) is 3.35. The maximum Gasteiger partial charge on any atom is 0.250 e. The van der Waals surface area contributed by atoms with Crippen molar-refractivity contribution in [1.29, 1.82) is 0 Å². The molecule has 2 fully saturated rings. The summed E-state index contributed by atoms with van der Waals surface area (Å²) in [6.45, 7) is 0.229. The number of aliphatic hydroxyl groups is 1. The van der Waals surface area contributed by atoms with E-state index in [2.05, 4.69) is 5.32 Å². The lowest BCUT2D eigenvalue weighted by atomic mass is 9.86. The summed E-state index contributed by atoms with van der Waals surface area (Å²) in [6.07, 6.45) is 1.67. The average Bonchev–Trinajstić information content (AvgIpc) is 3.58. The van der Waals surface area contributed by atoms with Crippen LogP contribution in [0.2, 0.25) is 0 Å². The zero-order valence-electron chi connectivity index (χ0n) is 16.9. The molecule has 2 aromatic rings. The van der Waals surface area contributed by atoms with Gasteiger partial charge in [0, 0.05) is 43.3 Å². The van der Waals surface area contributed by atoms with Gasteiger partial charge in [0.15, 0.2) is 0 Å². The number of carbonyl (C=O) groups is 2. The molecule has 1 aromatic carbocycles. The number of benzene rings is 1. The van der Waals surface area contributed by atoms with Crippen molar-refractivity contribution in [3.63, 3.8) is 0 Å². The highest BCUT2D eigenvalue weighted by atomic mass is 19.1. The van der Waals surface area contributed by atoms with Gasteiger partial charge in [0.05, 0.1) is 18.0 Å². The van der Waals surface area contributed by atoms with E-state index in [4.69, 9.17) is 0 Å². The summed E-state index contributed by atoms with van der Waals surface area (Å²) < 4.78 is 14.8. The first-order valence-electron chi connectivity index (χ1n) is 10.6. The highest BCUT2D eigenvalue weighted by molar-refractivity contribution is 5.86. The molecule has 4 atom stereocenters. The predicted molar refractivity (Wildman–Crippen MR) is 109 cm³/mol. The highest BCUT2D eigenvalue weighted by Crippen LogP contribution is 2.50. The van der Waals surface area contributed by atoms with Crippen molar-refractivity contribution in [1.82, 2.24) is 14.8 Å². The van der Waals surface area contributed by atoms with Crippen LogP contribution in [0.3, 0.4) is 0 Å². The van der Waals surface area contributed by atoms with Crippen LogP contribution in [0.5, 0.6) is 0 Å². The Bertz CT molecular complexity index is 1080. The SMILES string of the molecule is O=C(NCc1ccc(F)cc1)[C@H]1[C@H](CO)[C@H]2Cn3c(cccc3=O)[C@@H]1N2C(=O)C1CC1. The van der Waals surface area contributed by atoms with Gasteiger partial charge in [-0.15, -0.1) is 0 Å². The van der Waals surface area contributed by atoms with Gasteiger partial charge in [0.2, 0.25) is 11.8 Å². The number of halogens is 1. The van der Waals surface area contributed by atoms with Crippen LogP contribution >= 0.6 is 0 Å². The molecule has 0 unspecified atom stereocenters. The lowest BCUT2D eigenvalue weighted by Crippen LogP contribution is -2.49. The molecule has 7 nitrogen and oxygen atoms in total. The Balaban J connectivity index is 1.49. The summed E-state index contributed by atoms with van der Waals surface area (Å²) in [5.41, 5.74) is 1.21. The van der Waals surface area contributed by atoms with E-state index in [0.717, 1.165) is 18.4 Å². The third-order valence-corrected chi connectivity index (χ3v) is 6.78. The van der Waals surface area contributed by atoms with E-state index in [9.17, 15) is 23.9 Å². The summed E-state index contributed by atoms with van der Waals surface area (Å²) in [6, 6.07) is 9.78. The number of hydrogen-bond acceptors (Lipinski definition) is 4. The Morgan fingerprint density at radius 3 is 2.55 bits per heavy atom. The summed E-state index contributed by atoms with van der Waals surface area (Å²) in [7, 11) is 0. The van der Waals surface area contributed by atoms with Crippen molar-refractivity contribution in [3.8, 4) is 0 Å². The normalized spacial score (nSPS) is 26.5. The minimum absolute atomic E-state index is 0.00448. The van der Waals surface area contributed by atoms with Crippen LogP contribution in [0, 0.1) is 23.6 Å². The number of rotatable bonds is 5. The van der Waals surface area contributed by atoms with Crippen molar-refractivity contribution >= 4 is 11.8 Å². The zero-order chi connectivity index (χ0) is 21.7. The Hall–Kier alpha value is -3.00. The molecule has 8 heteroatoms.